The summed E-state index contributed by atoms with van der Waals surface area (Å²) in [7, 11) is 0. The van der Waals surface area contributed by atoms with Crippen molar-refractivity contribution in [2.24, 2.45) is 23.2 Å². The second kappa shape index (κ2) is 6.65. The third-order valence-corrected chi connectivity index (χ3v) is 5.18. The van der Waals surface area contributed by atoms with Crippen molar-refractivity contribution in [1.82, 2.24) is 0 Å². The number of aldehydes is 1. The fraction of sp³-hybridized carbons (Fsp3) is 0.579. The van der Waals surface area contributed by atoms with E-state index in [1.54, 1.807) is 13.0 Å². The van der Waals surface area contributed by atoms with Gasteiger partial charge in [-0.2, -0.15) is 0 Å². The molecule has 1 aliphatic heterocycles. The molecule has 24 heavy (non-hydrogen) atoms. The molecule has 0 spiro atoms. The highest BCUT2D eigenvalue weighted by molar-refractivity contribution is 5.91. The molecule has 6 unspecified atom stereocenters. The molecule has 1 saturated carbocycles. The van der Waals surface area contributed by atoms with Crippen molar-refractivity contribution in [2.75, 3.05) is 6.61 Å². The van der Waals surface area contributed by atoms with Gasteiger partial charge in [-0.05, 0) is 11.5 Å². The lowest BCUT2D eigenvalue weighted by atomic mass is 9.57. The highest BCUT2D eigenvalue weighted by Crippen LogP contribution is 2.53. The summed E-state index contributed by atoms with van der Waals surface area (Å²) in [6.07, 6.45) is -0.0652. The molecular weight excluding hydrogens is 308 g/mol. The molecule has 0 aromatic heterocycles. The molecule has 5 nitrogen and oxygen atoms in total. The molecule has 0 amide bonds. The Morgan fingerprint density at radius 3 is 2.62 bits per heavy atom. The molecule has 0 aromatic carbocycles. The average molecular weight is 334 g/mol. The number of aliphatic hydroxyl groups excluding tert-OH is 1. The van der Waals surface area contributed by atoms with Gasteiger partial charge in [0.05, 0.1) is 12.0 Å². The smallest absolute Gasteiger partial charge is 0.334 e. The highest BCUT2D eigenvalue weighted by Gasteiger charge is 2.62. The van der Waals surface area contributed by atoms with Crippen LogP contribution in [-0.2, 0) is 19.1 Å². The van der Waals surface area contributed by atoms with Crippen molar-refractivity contribution in [3.8, 4) is 0 Å². The van der Waals surface area contributed by atoms with E-state index in [9.17, 15) is 14.7 Å². The Kier molecular flexibility index (Phi) is 5.16. The average Bonchev–Trinajstić information content (AvgIpc) is 2.84. The Balaban J connectivity index is 2.54. The first-order chi connectivity index (χ1) is 11.2. The van der Waals surface area contributed by atoms with Crippen LogP contribution in [0.1, 0.15) is 20.8 Å². The van der Waals surface area contributed by atoms with Gasteiger partial charge in [0, 0.05) is 23.5 Å². The number of hydrogen-bond acceptors (Lipinski definition) is 5. The summed E-state index contributed by atoms with van der Waals surface area (Å²) >= 11 is 0. The van der Waals surface area contributed by atoms with Gasteiger partial charge in [0.15, 0.2) is 0 Å². The molecule has 2 aliphatic rings. The lowest BCUT2D eigenvalue weighted by molar-refractivity contribution is -0.177. The molecule has 0 radical (unpaired) electrons. The molecule has 6 atom stereocenters. The van der Waals surface area contributed by atoms with Crippen LogP contribution < -0.4 is 0 Å². The van der Waals surface area contributed by atoms with E-state index < -0.39 is 41.5 Å². The number of carbonyl (C=O) groups is 2. The molecule has 2 rings (SSSR count). The molecular formula is C19H26O5. The SMILES string of the molecule is C=CC1(C)C(O)C2OC(=O)C(=C)C2C(OCC(C)C)C1C(=C)C=O. The van der Waals surface area contributed by atoms with Crippen LogP contribution in [0.2, 0.25) is 0 Å². The minimum absolute atomic E-state index is 0.265. The van der Waals surface area contributed by atoms with Gasteiger partial charge in [0.1, 0.15) is 18.5 Å². The Bertz CT molecular complexity index is 578. The summed E-state index contributed by atoms with van der Waals surface area (Å²) in [5.41, 5.74) is -0.343. The van der Waals surface area contributed by atoms with E-state index in [2.05, 4.69) is 19.7 Å². The zero-order valence-electron chi connectivity index (χ0n) is 14.5. The van der Waals surface area contributed by atoms with E-state index in [-0.39, 0.29) is 11.5 Å². The second-order valence-electron chi connectivity index (χ2n) is 7.30. The lowest BCUT2D eigenvalue weighted by Gasteiger charge is -2.51. The maximum Gasteiger partial charge on any atom is 0.334 e. The predicted molar refractivity (Wildman–Crippen MR) is 90.1 cm³/mol. The van der Waals surface area contributed by atoms with Gasteiger partial charge in [0.25, 0.3) is 0 Å². The maximum atomic E-state index is 12.0. The van der Waals surface area contributed by atoms with Gasteiger partial charge in [-0.1, -0.05) is 40.0 Å². The summed E-state index contributed by atoms with van der Waals surface area (Å²) in [5, 5.41) is 10.8. The number of esters is 1. The summed E-state index contributed by atoms with van der Waals surface area (Å²) in [4.78, 5) is 23.5. The minimum atomic E-state index is -1.02. The van der Waals surface area contributed by atoms with Crippen molar-refractivity contribution in [1.29, 1.82) is 0 Å². The monoisotopic (exact) mass is 334 g/mol. The topological polar surface area (TPSA) is 72.8 Å². The van der Waals surface area contributed by atoms with Gasteiger partial charge >= 0.3 is 5.97 Å². The van der Waals surface area contributed by atoms with Crippen LogP contribution in [0.4, 0.5) is 0 Å². The molecule has 1 aliphatic carbocycles. The summed E-state index contributed by atoms with van der Waals surface area (Å²) < 4.78 is 11.4. The largest absolute Gasteiger partial charge is 0.455 e. The summed E-state index contributed by atoms with van der Waals surface area (Å²) in [6.45, 7) is 17.7. The molecule has 2 fully saturated rings. The van der Waals surface area contributed by atoms with Crippen molar-refractivity contribution < 1.29 is 24.2 Å². The van der Waals surface area contributed by atoms with E-state index in [1.807, 2.05) is 13.8 Å². The third kappa shape index (κ3) is 2.76. The standard InChI is InChI=1S/C19H26O5/c1-7-19(6)14(11(4)8-20)15(23-9-10(2)3)13-12(5)18(22)24-16(13)17(19)21/h7-8,10,13-17,21H,1,4-5,9H2,2-3,6H3. The number of ether oxygens (including phenoxy) is 2. The van der Waals surface area contributed by atoms with Gasteiger partial charge < -0.3 is 14.6 Å². The maximum absolute atomic E-state index is 12.0. The number of fused-ring (bicyclic) bond motifs is 1. The number of carbonyl (C=O) groups excluding carboxylic acids is 2. The van der Waals surface area contributed by atoms with Crippen molar-refractivity contribution in [3.05, 3.63) is 37.0 Å². The molecule has 1 heterocycles. The molecule has 132 valence electrons. The third-order valence-electron chi connectivity index (χ3n) is 5.18. The minimum Gasteiger partial charge on any atom is -0.455 e. The predicted octanol–water partition coefficient (Wildman–Crippen LogP) is 2.06. The quantitative estimate of drug-likeness (QED) is 0.348. The van der Waals surface area contributed by atoms with E-state index in [0.717, 1.165) is 0 Å². The fourth-order valence-electron chi connectivity index (χ4n) is 3.79. The number of hydrogen-bond donors (Lipinski definition) is 1. The van der Waals surface area contributed by atoms with Crippen molar-refractivity contribution in [3.63, 3.8) is 0 Å². The second-order valence-corrected chi connectivity index (χ2v) is 7.30. The van der Waals surface area contributed by atoms with Gasteiger partial charge in [-0.15, -0.1) is 6.58 Å². The van der Waals surface area contributed by atoms with Crippen molar-refractivity contribution in [2.45, 2.75) is 39.1 Å². The van der Waals surface area contributed by atoms with Gasteiger partial charge in [-0.3, -0.25) is 4.79 Å². The molecule has 1 saturated heterocycles. The molecule has 0 bridgehead atoms. The zero-order chi connectivity index (χ0) is 18.2. The number of aliphatic hydroxyl groups is 1. The first-order valence-electron chi connectivity index (χ1n) is 8.16. The Morgan fingerprint density at radius 2 is 2.12 bits per heavy atom. The highest BCUT2D eigenvalue weighted by atomic mass is 16.6. The van der Waals surface area contributed by atoms with E-state index in [1.165, 1.54) is 0 Å². The number of rotatable bonds is 6. The van der Waals surface area contributed by atoms with Crippen LogP contribution in [0.25, 0.3) is 0 Å². The van der Waals surface area contributed by atoms with Crippen LogP contribution in [0.15, 0.2) is 37.0 Å². The molecule has 0 aromatic rings. The molecule has 5 heteroatoms. The van der Waals surface area contributed by atoms with Crippen molar-refractivity contribution >= 4 is 12.3 Å². The Morgan fingerprint density at radius 1 is 1.50 bits per heavy atom. The zero-order valence-corrected chi connectivity index (χ0v) is 14.5. The fourth-order valence-corrected chi connectivity index (χ4v) is 3.79. The first kappa shape index (κ1) is 18.6. The van der Waals surface area contributed by atoms with Crippen LogP contribution in [0, 0.1) is 23.2 Å². The van der Waals surface area contributed by atoms with Crippen LogP contribution >= 0.6 is 0 Å². The summed E-state index contributed by atoms with van der Waals surface area (Å²) in [5.74, 6) is -1.30. The van der Waals surface area contributed by atoms with Crippen LogP contribution in [-0.4, -0.2) is 42.3 Å². The van der Waals surface area contributed by atoms with Gasteiger partial charge in [-0.25, -0.2) is 4.79 Å². The summed E-state index contributed by atoms with van der Waals surface area (Å²) in [6, 6.07) is 0. The Hall–Kier alpha value is -1.72. The lowest BCUT2D eigenvalue weighted by Crippen LogP contribution is -2.60. The van der Waals surface area contributed by atoms with E-state index in [0.29, 0.717) is 18.5 Å². The van der Waals surface area contributed by atoms with E-state index >= 15 is 0 Å². The normalized spacial score (nSPS) is 38.6. The first-order valence-corrected chi connectivity index (χ1v) is 8.16. The van der Waals surface area contributed by atoms with Gasteiger partial charge in [0.2, 0.25) is 0 Å². The Labute approximate surface area is 143 Å². The molecule has 1 N–H and O–H groups in total. The van der Waals surface area contributed by atoms with Crippen LogP contribution in [0.3, 0.4) is 0 Å². The van der Waals surface area contributed by atoms with E-state index in [4.69, 9.17) is 9.47 Å². The van der Waals surface area contributed by atoms with Crippen LogP contribution in [0.5, 0.6) is 0 Å².